The summed E-state index contributed by atoms with van der Waals surface area (Å²) in [4.78, 5) is 22.8. The number of benzene rings is 1. The Morgan fingerprint density at radius 3 is 2.74 bits per heavy atom. The molecule has 1 aromatic rings. The Kier molecular flexibility index (Phi) is 7.84. The van der Waals surface area contributed by atoms with E-state index in [-0.39, 0.29) is 12.5 Å². The van der Waals surface area contributed by atoms with Crippen LogP contribution in [0.3, 0.4) is 0 Å². The topological polar surface area (TPSA) is 88.7 Å². The van der Waals surface area contributed by atoms with Gasteiger partial charge in [-0.3, -0.25) is 20.4 Å². The quantitative estimate of drug-likeness (QED) is 0.388. The summed E-state index contributed by atoms with van der Waals surface area (Å²) in [5.41, 5.74) is 5.69. The van der Waals surface area contributed by atoms with E-state index in [1.165, 1.54) is 20.0 Å². The molecule has 3 atom stereocenters. The van der Waals surface area contributed by atoms with Crippen LogP contribution in [0.1, 0.15) is 43.5 Å². The minimum Gasteiger partial charge on any atom is -0.493 e. The van der Waals surface area contributed by atoms with E-state index in [0.717, 1.165) is 6.42 Å². The van der Waals surface area contributed by atoms with Gasteiger partial charge in [-0.05, 0) is 48.7 Å². The lowest BCUT2D eigenvalue weighted by atomic mass is 9.78. The second kappa shape index (κ2) is 10.1. The van der Waals surface area contributed by atoms with Crippen molar-refractivity contribution >= 4 is 29.5 Å². The summed E-state index contributed by atoms with van der Waals surface area (Å²) in [6.07, 6.45) is 4.20. The van der Waals surface area contributed by atoms with Gasteiger partial charge >= 0.3 is 0 Å². The fraction of sp³-hybridized carbons (Fsp3) is 0.526. The van der Waals surface area contributed by atoms with Crippen LogP contribution in [0.5, 0.6) is 11.5 Å². The molecule has 3 N–H and O–H groups in total. The first kappa shape index (κ1) is 21.0. The first-order chi connectivity index (χ1) is 12.9. The minimum absolute atomic E-state index is 0.219. The Balaban J connectivity index is 1.76. The molecule has 0 radical (unpaired) electrons. The summed E-state index contributed by atoms with van der Waals surface area (Å²) in [5.74, 6) is 1.56. The second-order valence-corrected chi connectivity index (χ2v) is 7.25. The van der Waals surface area contributed by atoms with Crippen LogP contribution < -0.4 is 25.6 Å². The van der Waals surface area contributed by atoms with Crippen LogP contribution in [0.2, 0.25) is 0 Å². The van der Waals surface area contributed by atoms with Gasteiger partial charge in [0.1, 0.15) is 6.29 Å². The van der Waals surface area contributed by atoms with E-state index in [1.807, 2.05) is 0 Å². The smallest absolute Gasteiger partial charge is 0.276 e. The van der Waals surface area contributed by atoms with Crippen molar-refractivity contribution in [2.24, 2.45) is 11.8 Å². The lowest BCUT2D eigenvalue weighted by Gasteiger charge is -2.35. The molecule has 1 aliphatic carbocycles. The molecule has 0 aliphatic heterocycles. The number of amides is 1. The van der Waals surface area contributed by atoms with E-state index in [2.05, 4.69) is 30.0 Å². The van der Waals surface area contributed by atoms with Gasteiger partial charge in [0, 0.05) is 11.6 Å². The maximum atomic E-state index is 12.0. The van der Waals surface area contributed by atoms with Crippen molar-refractivity contribution in [3.63, 3.8) is 0 Å². The minimum atomic E-state index is -0.384. The zero-order valence-electron chi connectivity index (χ0n) is 15.9. The van der Waals surface area contributed by atoms with Gasteiger partial charge in [0.25, 0.3) is 5.91 Å². The van der Waals surface area contributed by atoms with Crippen molar-refractivity contribution in [3.05, 3.63) is 23.8 Å². The number of nitrogens with one attached hydrogen (secondary N) is 3. The molecule has 1 aromatic carbocycles. The molecule has 27 heavy (non-hydrogen) atoms. The van der Waals surface area contributed by atoms with Crippen LogP contribution in [-0.4, -0.2) is 37.1 Å². The van der Waals surface area contributed by atoms with E-state index < -0.39 is 0 Å². The van der Waals surface area contributed by atoms with Crippen LogP contribution in [-0.2, 0) is 4.79 Å². The largest absolute Gasteiger partial charge is 0.493 e. The van der Waals surface area contributed by atoms with Crippen molar-refractivity contribution in [3.8, 4) is 11.5 Å². The maximum Gasteiger partial charge on any atom is 0.276 e. The molecule has 1 saturated carbocycles. The molecule has 0 spiro atoms. The van der Waals surface area contributed by atoms with E-state index in [1.54, 1.807) is 18.2 Å². The number of hydrogen-bond acceptors (Lipinski definition) is 5. The van der Waals surface area contributed by atoms with Gasteiger partial charge in [-0.1, -0.05) is 26.7 Å². The van der Waals surface area contributed by atoms with Crippen molar-refractivity contribution in [1.29, 1.82) is 0 Å². The van der Waals surface area contributed by atoms with Crippen molar-refractivity contribution < 1.29 is 19.1 Å². The number of rotatable bonds is 6. The zero-order valence-corrected chi connectivity index (χ0v) is 16.7. The standard InChI is InChI=1S/C19H27N3O4S/c1-12-5-4-6-15(13(12)2)20-19(27)22-21-18(24)11-26-16-8-7-14(10-23)9-17(16)25-3/h7-10,12-13,15H,4-6,11H2,1-3H3,(H,21,24)(H2,20,22,27)/t12-,13+,15-/m0/s1. The molecule has 7 nitrogen and oxygen atoms in total. The SMILES string of the molecule is COc1cc(C=O)ccc1OCC(=O)NNC(=S)N[C@H]1CCC[C@H](C)[C@H]1C. The third kappa shape index (κ3) is 6.09. The second-order valence-electron chi connectivity index (χ2n) is 6.84. The average molecular weight is 394 g/mol. The highest BCUT2D eigenvalue weighted by molar-refractivity contribution is 7.80. The van der Waals surface area contributed by atoms with Gasteiger partial charge in [-0.2, -0.15) is 0 Å². The molecular formula is C19H27N3O4S. The first-order valence-corrected chi connectivity index (χ1v) is 9.46. The number of carbonyl (C=O) groups is 2. The number of hydrogen-bond donors (Lipinski definition) is 3. The molecule has 0 unspecified atom stereocenters. The Morgan fingerprint density at radius 2 is 2.04 bits per heavy atom. The molecule has 0 saturated heterocycles. The Morgan fingerprint density at radius 1 is 1.26 bits per heavy atom. The summed E-state index contributed by atoms with van der Waals surface area (Å²) in [6.45, 7) is 4.26. The van der Waals surface area contributed by atoms with Crippen LogP contribution in [0.25, 0.3) is 0 Å². The van der Waals surface area contributed by atoms with Crippen molar-refractivity contribution in [2.45, 2.75) is 39.2 Å². The van der Waals surface area contributed by atoms with Gasteiger partial charge in [-0.25, -0.2) is 0 Å². The number of hydrazine groups is 1. The fourth-order valence-electron chi connectivity index (χ4n) is 3.17. The zero-order chi connectivity index (χ0) is 19.8. The third-order valence-electron chi connectivity index (χ3n) is 5.02. The van der Waals surface area contributed by atoms with Crippen LogP contribution in [0, 0.1) is 11.8 Å². The summed E-state index contributed by atoms with van der Waals surface area (Å²) in [5, 5.41) is 3.66. The fourth-order valence-corrected chi connectivity index (χ4v) is 3.38. The summed E-state index contributed by atoms with van der Waals surface area (Å²) in [7, 11) is 1.47. The lowest BCUT2D eigenvalue weighted by molar-refractivity contribution is -0.123. The number of methoxy groups -OCH3 is 1. The average Bonchev–Trinajstić information content (AvgIpc) is 2.68. The highest BCUT2D eigenvalue weighted by atomic mass is 32.1. The van der Waals surface area contributed by atoms with E-state index in [9.17, 15) is 9.59 Å². The van der Waals surface area contributed by atoms with Gasteiger partial charge in [-0.15, -0.1) is 0 Å². The van der Waals surface area contributed by atoms with Gasteiger partial charge in [0.2, 0.25) is 0 Å². The molecule has 0 heterocycles. The lowest BCUT2D eigenvalue weighted by Crippen LogP contribution is -2.53. The molecule has 148 valence electrons. The van der Waals surface area contributed by atoms with E-state index in [0.29, 0.717) is 46.3 Å². The van der Waals surface area contributed by atoms with Gasteiger partial charge < -0.3 is 14.8 Å². The molecule has 1 amide bonds. The highest BCUT2D eigenvalue weighted by Gasteiger charge is 2.27. The van der Waals surface area contributed by atoms with E-state index >= 15 is 0 Å². The molecular weight excluding hydrogens is 366 g/mol. The third-order valence-corrected chi connectivity index (χ3v) is 5.24. The number of aldehydes is 1. The van der Waals surface area contributed by atoms with Gasteiger partial charge in [0.05, 0.1) is 7.11 Å². The predicted octanol–water partition coefficient (Wildman–Crippen LogP) is 2.21. The van der Waals surface area contributed by atoms with Crippen molar-refractivity contribution in [2.75, 3.05) is 13.7 Å². The summed E-state index contributed by atoms with van der Waals surface area (Å²) < 4.78 is 10.6. The highest BCUT2D eigenvalue weighted by Crippen LogP contribution is 2.29. The van der Waals surface area contributed by atoms with Crippen molar-refractivity contribution in [1.82, 2.24) is 16.2 Å². The first-order valence-electron chi connectivity index (χ1n) is 9.06. The Labute approximate surface area is 165 Å². The normalized spacial score (nSPS) is 21.7. The molecule has 2 rings (SSSR count). The molecule has 8 heteroatoms. The predicted molar refractivity (Wildman–Crippen MR) is 107 cm³/mol. The summed E-state index contributed by atoms with van der Waals surface area (Å²) in [6, 6.07) is 5.03. The molecule has 1 fully saturated rings. The van der Waals surface area contributed by atoms with Crippen LogP contribution in [0.15, 0.2) is 18.2 Å². The van der Waals surface area contributed by atoms with Gasteiger partial charge in [0.15, 0.2) is 23.2 Å². The Hall–Kier alpha value is -2.35. The molecule has 0 aromatic heterocycles. The monoisotopic (exact) mass is 393 g/mol. The maximum absolute atomic E-state index is 12.0. The number of carbonyl (C=O) groups excluding carboxylic acids is 2. The van der Waals surface area contributed by atoms with Crippen LogP contribution in [0.4, 0.5) is 0 Å². The Bertz CT molecular complexity index is 683. The number of ether oxygens (including phenoxy) is 2. The van der Waals surface area contributed by atoms with Crippen LogP contribution >= 0.6 is 12.2 Å². The summed E-state index contributed by atoms with van der Waals surface area (Å²) >= 11 is 5.26. The molecule has 0 bridgehead atoms. The van der Waals surface area contributed by atoms with E-state index in [4.69, 9.17) is 21.7 Å². The number of thiocarbonyl (C=S) groups is 1. The molecule has 1 aliphatic rings.